The maximum Gasteiger partial charge on any atom is 0.324 e. The molecule has 116 valence electrons. The van der Waals surface area contributed by atoms with Crippen LogP contribution in [0, 0.1) is 0 Å². The third-order valence-electron chi connectivity index (χ3n) is 3.08. The fraction of sp³-hybridized carbons (Fsp3) is 0. The third-order valence-corrected chi connectivity index (χ3v) is 4.70. The number of hydrogen-bond acceptors (Lipinski definition) is 2. The van der Waals surface area contributed by atoms with E-state index >= 15 is 0 Å². The molecule has 1 heterocycles. The van der Waals surface area contributed by atoms with Gasteiger partial charge in [-0.1, -0.05) is 41.4 Å². The Balaban J connectivity index is 1.68. The first-order valence-corrected chi connectivity index (χ1v) is 8.37. The van der Waals surface area contributed by atoms with E-state index in [0.29, 0.717) is 15.7 Å². The van der Waals surface area contributed by atoms with Gasteiger partial charge in [0.15, 0.2) is 0 Å². The Bertz CT molecular complexity index is 831. The fourth-order valence-corrected chi connectivity index (χ4v) is 3.38. The van der Waals surface area contributed by atoms with Crippen molar-refractivity contribution in [1.29, 1.82) is 0 Å². The number of amides is 2. The molecule has 0 aliphatic rings. The van der Waals surface area contributed by atoms with Crippen LogP contribution in [-0.4, -0.2) is 6.03 Å². The van der Waals surface area contributed by atoms with Crippen molar-refractivity contribution >= 4 is 51.3 Å². The smallest absolute Gasteiger partial charge is 0.308 e. The van der Waals surface area contributed by atoms with E-state index in [2.05, 4.69) is 10.6 Å². The molecule has 0 fully saturated rings. The van der Waals surface area contributed by atoms with Gasteiger partial charge in [-0.3, -0.25) is 5.32 Å². The first-order chi connectivity index (χ1) is 11.1. The summed E-state index contributed by atoms with van der Waals surface area (Å²) >= 11 is 13.5. The zero-order chi connectivity index (χ0) is 16.2. The Labute approximate surface area is 147 Å². The molecule has 0 aliphatic carbocycles. The molecule has 2 amide bonds. The topological polar surface area (TPSA) is 41.1 Å². The van der Waals surface area contributed by atoms with Crippen LogP contribution in [0.2, 0.25) is 10.0 Å². The first kappa shape index (κ1) is 15.9. The molecule has 3 nitrogen and oxygen atoms in total. The molecular formula is C17H12Cl2N2OS. The molecule has 0 radical (unpaired) electrons. The summed E-state index contributed by atoms with van der Waals surface area (Å²) in [4.78, 5) is 13.0. The molecule has 0 aliphatic heterocycles. The molecule has 0 bridgehead atoms. The van der Waals surface area contributed by atoms with Crippen LogP contribution >= 0.6 is 34.5 Å². The Morgan fingerprint density at radius 3 is 2.35 bits per heavy atom. The largest absolute Gasteiger partial charge is 0.324 e. The maximum atomic E-state index is 12.0. The number of benzene rings is 2. The minimum atomic E-state index is -0.306. The third kappa shape index (κ3) is 4.05. The van der Waals surface area contributed by atoms with E-state index in [-0.39, 0.29) is 6.03 Å². The van der Waals surface area contributed by atoms with Gasteiger partial charge in [0.05, 0.1) is 5.00 Å². The highest BCUT2D eigenvalue weighted by molar-refractivity contribution is 7.19. The van der Waals surface area contributed by atoms with Gasteiger partial charge in [-0.05, 0) is 42.5 Å². The van der Waals surface area contributed by atoms with Crippen LogP contribution in [0.25, 0.3) is 10.4 Å². The van der Waals surface area contributed by atoms with Gasteiger partial charge in [0.1, 0.15) is 0 Å². The molecule has 0 saturated carbocycles. The first-order valence-electron chi connectivity index (χ1n) is 6.80. The van der Waals surface area contributed by atoms with Crippen molar-refractivity contribution in [3.63, 3.8) is 0 Å². The van der Waals surface area contributed by atoms with Gasteiger partial charge in [0.25, 0.3) is 0 Å². The highest BCUT2D eigenvalue weighted by Gasteiger charge is 2.08. The molecule has 0 unspecified atom stereocenters. The quantitative estimate of drug-likeness (QED) is 0.558. The number of hydrogen-bond donors (Lipinski definition) is 2. The Morgan fingerprint density at radius 2 is 1.61 bits per heavy atom. The standard InChI is InChI=1S/C17H12Cl2N2OS/c18-11-5-7-12(8-6-11)20-17(22)21-16-10-9-15(23-16)13-3-1-2-4-14(13)19/h1-10H,(H2,20,21,22). The lowest BCUT2D eigenvalue weighted by Crippen LogP contribution is -2.18. The number of carbonyl (C=O) groups is 1. The van der Waals surface area contributed by atoms with E-state index in [1.807, 2.05) is 36.4 Å². The van der Waals surface area contributed by atoms with E-state index in [9.17, 15) is 4.79 Å². The summed E-state index contributed by atoms with van der Waals surface area (Å²) in [6.07, 6.45) is 0. The van der Waals surface area contributed by atoms with Gasteiger partial charge in [-0.15, -0.1) is 11.3 Å². The molecule has 23 heavy (non-hydrogen) atoms. The van der Waals surface area contributed by atoms with E-state index < -0.39 is 0 Å². The molecule has 2 N–H and O–H groups in total. The highest BCUT2D eigenvalue weighted by atomic mass is 35.5. The van der Waals surface area contributed by atoms with E-state index in [1.54, 1.807) is 24.3 Å². The highest BCUT2D eigenvalue weighted by Crippen LogP contribution is 2.35. The van der Waals surface area contributed by atoms with Crippen LogP contribution in [0.1, 0.15) is 0 Å². The van der Waals surface area contributed by atoms with Gasteiger partial charge in [0.2, 0.25) is 0 Å². The number of urea groups is 1. The van der Waals surface area contributed by atoms with Crippen LogP contribution in [0.4, 0.5) is 15.5 Å². The Kier molecular flexibility index (Phi) is 4.86. The predicted octanol–water partition coefficient (Wildman–Crippen LogP) is 6.37. The van der Waals surface area contributed by atoms with E-state index in [4.69, 9.17) is 23.2 Å². The van der Waals surface area contributed by atoms with Crippen molar-refractivity contribution < 1.29 is 4.79 Å². The van der Waals surface area contributed by atoms with E-state index in [1.165, 1.54) is 11.3 Å². The SMILES string of the molecule is O=C(Nc1ccc(Cl)cc1)Nc1ccc(-c2ccccc2Cl)s1. The van der Waals surface area contributed by atoms with Crippen molar-refractivity contribution in [2.45, 2.75) is 0 Å². The zero-order valence-corrected chi connectivity index (χ0v) is 14.2. The molecule has 0 atom stereocenters. The van der Waals surface area contributed by atoms with Gasteiger partial charge >= 0.3 is 6.03 Å². The second-order valence-corrected chi connectivity index (χ2v) is 6.66. The molecule has 0 saturated heterocycles. The van der Waals surface area contributed by atoms with Gasteiger partial charge in [-0.2, -0.15) is 0 Å². The van der Waals surface area contributed by atoms with Crippen LogP contribution in [-0.2, 0) is 0 Å². The molecule has 1 aromatic heterocycles. The number of carbonyl (C=O) groups excluding carboxylic acids is 1. The Hall–Kier alpha value is -2.01. The monoisotopic (exact) mass is 362 g/mol. The lowest BCUT2D eigenvalue weighted by molar-refractivity contribution is 0.262. The number of rotatable bonds is 3. The zero-order valence-electron chi connectivity index (χ0n) is 11.8. The lowest BCUT2D eigenvalue weighted by Gasteiger charge is -2.06. The maximum absolute atomic E-state index is 12.0. The van der Waals surface area contributed by atoms with Gasteiger partial charge in [0, 0.05) is 26.2 Å². The van der Waals surface area contributed by atoms with Crippen LogP contribution in [0.15, 0.2) is 60.7 Å². The second kappa shape index (κ2) is 7.04. The summed E-state index contributed by atoms with van der Waals surface area (Å²) in [5.41, 5.74) is 1.63. The lowest BCUT2D eigenvalue weighted by atomic mass is 10.2. The fourth-order valence-electron chi connectivity index (χ4n) is 2.02. The molecule has 0 spiro atoms. The van der Waals surface area contributed by atoms with Crippen molar-refractivity contribution in [1.82, 2.24) is 0 Å². The molecule has 6 heteroatoms. The van der Waals surface area contributed by atoms with Crippen LogP contribution in [0.3, 0.4) is 0 Å². The Morgan fingerprint density at radius 1 is 0.870 bits per heavy atom. The minimum Gasteiger partial charge on any atom is -0.308 e. The van der Waals surface area contributed by atoms with Crippen LogP contribution in [0.5, 0.6) is 0 Å². The second-order valence-electron chi connectivity index (χ2n) is 4.73. The summed E-state index contributed by atoms with van der Waals surface area (Å²) in [6, 6.07) is 18.0. The summed E-state index contributed by atoms with van der Waals surface area (Å²) in [5.74, 6) is 0. The van der Waals surface area contributed by atoms with Crippen molar-refractivity contribution in [3.05, 3.63) is 70.7 Å². The summed E-state index contributed by atoms with van der Waals surface area (Å²) in [6.45, 7) is 0. The summed E-state index contributed by atoms with van der Waals surface area (Å²) in [5, 5.41) is 7.61. The summed E-state index contributed by atoms with van der Waals surface area (Å²) < 4.78 is 0. The van der Waals surface area contributed by atoms with Crippen molar-refractivity contribution in [3.8, 4) is 10.4 Å². The number of nitrogens with one attached hydrogen (secondary N) is 2. The minimum absolute atomic E-state index is 0.306. The van der Waals surface area contributed by atoms with Gasteiger partial charge in [-0.25, -0.2) is 4.79 Å². The van der Waals surface area contributed by atoms with Crippen molar-refractivity contribution in [2.24, 2.45) is 0 Å². The van der Waals surface area contributed by atoms with Crippen molar-refractivity contribution in [2.75, 3.05) is 10.6 Å². The number of halogens is 2. The predicted molar refractivity (Wildman–Crippen MR) is 98.9 cm³/mol. The number of anilines is 2. The van der Waals surface area contributed by atoms with E-state index in [0.717, 1.165) is 15.4 Å². The average Bonchev–Trinajstić information content (AvgIpc) is 2.98. The molecular weight excluding hydrogens is 351 g/mol. The summed E-state index contributed by atoms with van der Waals surface area (Å²) in [7, 11) is 0. The van der Waals surface area contributed by atoms with Crippen LogP contribution < -0.4 is 10.6 Å². The molecule has 3 rings (SSSR count). The van der Waals surface area contributed by atoms with Gasteiger partial charge < -0.3 is 5.32 Å². The molecule has 3 aromatic rings. The average molecular weight is 363 g/mol. The normalized spacial score (nSPS) is 10.3. The molecule has 2 aromatic carbocycles. The number of thiophene rings is 1.